The van der Waals surface area contributed by atoms with Crippen LogP contribution in [0.25, 0.3) is 10.8 Å². The number of hydrogen-bond donors (Lipinski definition) is 4. The molecule has 4 N–H and O–H groups in total. The van der Waals surface area contributed by atoms with Crippen LogP contribution in [-0.2, 0) is 4.79 Å². The van der Waals surface area contributed by atoms with Crippen molar-refractivity contribution in [3.63, 3.8) is 0 Å². The number of nitrogens with one attached hydrogen (secondary N) is 2. The molecule has 0 aliphatic carbocycles. The van der Waals surface area contributed by atoms with Crippen molar-refractivity contribution in [3.05, 3.63) is 102 Å². The topological polar surface area (TPSA) is 133 Å². The van der Waals surface area contributed by atoms with Crippen molar-refractivity contribution in [1.82, 2.24) is 0 Å². The van der Waals surface area contributed by atoms with E-state index >= 15 is 0 Å². The smallest absolute Gasteiger partial charge is 0.336 e. The molecular formula is C27H20N2O6S. The van der Waals surface area contributed by atoms with Gasteiger partial charge in [-0.1, -0.05) is 24.3 Å². The predicted molar refractivity (Wildman–Crippen MR) is 138 cm³/mol. The molecule has 0 saturated heterocycles. The van der Waals surface area contributed by atoms with E-state index in [4.69, 9.17) is 5.11 Å². The lowest BCUT2D eigenvalue weighted by molar-refractivity contribution is -0.113. The molecule has 0 aliphatic rings. The Morgan fingerprint density at radius 3 is 1.86 bits per heavy atom. The second-order valence-electron chi connectivity index (χ2n) is 7.71. The summed E-state index contributed by atoms with van der Waals surface area (Å²) in [6.45, 7) is 0. The van der Waals surface area contributed by atoms with Crippen LogP contribution in [0.15, 0.2) is 89.8 Å². The summed E-state index contributed by atoms with van der Waals surface area (Å²) in [5.41, 5.74) is 1.48. The third-order valence-electron chi connectivity index (χ3n) is 5.28. The Kier molecular flexibility index (Phi) is 7.31. The fraction of sp³-hybridized carbons (Fsp3) is 0.0370. The second kappa shape index (κ2) is 10.7. The van der Waals surface area contributed by atoms with Gasteiger partial charge >= 0.3 is 11.9 Å². The van der Waals surface area contributed by atoms with E-state index in [-0.39, 0.29) is 28.4 Å². The van der Waals surface area contributed by atoms with Gasteiger partial charge in [-0.05, 0) is 66.0 Å². The number of carboxylic acid groups (broad SMARTS) is 2. The van der Waals surface area contributed by atoms with Crippen LogP contribution in [0.4, 0.5) is 11.4 Å². The number of fused-ring (bicyclic) bond motifs is 1. The molecule has 0 spiro atoms. The van der Waals surface area contributed by atoms with E-state index in [2.05, 4.69) is 10.6 Å². The van der Waals surface area contributed by atoms with Crippen LogP contribution < -0.4 is 10.6 Å². The number of amides is 2. The van der Waals surface area contributed by atoms with E-state index in [9.17, 15) is 24.3 Å². The first-order valence-electron chi connectivity index (χ1n) is 10.7. The summed E-state index contributed by atoms with van der Waals surface area (Å²) >= 11 is 1.30. The van der Waals surface area contributed by atoms with E-state index in [1.807, 2.05) is 0 Å². The van der Waals surface area contributed by atoms with Crippen molar-refractivity contribution in [3.8, 4) is 0 Å². The molecule has 8 nitrogen and oxygen atoms in total. The molecule has 0 aromatic heterocycles. The summed E-state index contributed by atoms with van der Waals surface area (Å²) in [6.07, 6.45) is 0. The zero-order chi connectivity index (χ0) is 25.7. The molecule has 0 atom stereocenters. The quantitative estimate of drug-likeness (QED) is 0.244. The lowest BCUT2D eigenvalue weighted by Crippen LogP contribution is -2.14. The molecule has 0 radical (unpaired) electrons. The highest BCUT2D eigenvalue weighted by Crippen LogP contribution is 2.25. The van der Waals surface area contributed by atoms with Gasteiger partial charge < -0.3 is 20.8 Å². The number of benzene rings is 4. The zero-order valence-corrected chi connectivity index (χ0v) is 19.5. The molecule has 9 heteroatoms. The minimum Gasteiger partial charge on any atom is -0.478 e. The van der Waals surface area contributed by atoms with Crippen molar-refractivity contribution in [2.24, 2.45) is 0 Å². The maximum Gasteiger partial charge on any atom is 0.336 e. The SMILES string of the molecule is O=C(CSc1ccc(NC(=O)c2cccc3cccc(C(=O)O)c23)cc1)Nc1ccc(C(=O)O)cc1. The zero-order valence-electron chi connectivity index (χ0n) is 18.7. The van der Waals surface area contributed by atoms with Gasteiger partial charge in [-0.25, -0.2) is 9.59 Å². The van der Waals surface area contributed by atoms with Crippen LogP contribution in [0.1, 0.15) is 31.1 Å². The minimum absolute atomic E-state index is 0.0566. The Balaban J connectivity index is 1.37. The first-order chi connectivity index (χ1) is 17.3. The molecule has 0 aliphatic heterocycles. The van der Waals surface area contributed by atoms with E-state index < -0.39 is 17.8 Å². The second-order valence-corrected chi connectivity index (χ2v) is 8.76. The average Bonchev–Trinajstić information content (AvgIpc) is 2.87. The molecule has 0 bridgehead atoms. The summed E-state index contributed by atoms with van der Waals surface area (Å²) in [5.74, 6) is -2.68. The number of thioether (sulfide) groups is 1. The number of anilines is 2. The van der Waals surface area contributed by atoms with E-state index in [1.54, 1.807) is 54.6 Å². The Hall–Kier alpha value is -4.63. The maximum absolute atomic E-state index is 12.9. The van der Waals surface area contributed by atoms with Crippen LogP contribution in [-0.4, -0.2) is 39.7 Å². The summed E-state index contributed by atoms with van der Waals surface area (Å²) in [7, 11) is 0. The van der Waals surface area contributed by atoms with E-state index in [0.29, 0.717) is 22.1 Å². The molecule has 180 valence electrons. The summed E-state index contributed by atoms with van der Waals surface area (Å²) < 4.78 is 0. The monoisotopic (exact) mass is 500 g/mol. The fourth-order valence-corrected chi connectivity index (χ4v) is 4.28. The Bertz CT molecular complexity index is 1460. The molecule has 0 saturated carbocycles. The van der Waals surface area contributed by atoms with Gasteiger partial charge in [0.05, 0.1) is 16.9 Å². The van der Waals surface area contributed by atoms with Gasteiger partial charge in [-0.15, -0.1) is 11.8 Å². The summed E-state index contributed by atoms with van der Waals surface area (Å²) in [5, 5.41) is 25.0. The van der Waals surface area contributed by atoms with Gasteiger partial charge in [-0.2, -0.15) is 0 Å². The van der Waals surface area contributed by atoms with Crippen molar-refractivity contribution in [2.75, 3.05) is 16.4 Å². The molecule has 2 amide bonds. The van der Waals surface area contributed by atoms with Crippen molar-refractivity contribution in [1.29, 1.82) is 0 Å². The van der Waals surface area contributed by atoms with Gasteiger partial charge in [0, 0.05) is 27.2 Å². The molecule has 36 heavy (non-hydrogen) atoms. The van der Waals surface area contributed by atoms with Crippen molar-refractivity contribution >= 4 is 57.7 Å². The summed E-state index contributed by atoms with van der Waals surface area (Å²) in [6, 6.07) is 22.7. The standard InChI is InChI=1S/C27H20N2O6S/c30-23(28-18-9-7-17(8-10-18)26(32)33)15-36-20-13-11-19(12-14-20)29-25(31)21-5-1-3-16-4-2-6-22(24(16)21)27(34)35/h1-14H,15H2,(H,28,30)(H,29,31)(H,32,33)(H,34,35). The van der Waals surface area contributed by atoms with Crippen molar-refractivity contribution in [2.45, 2.75) is 4.90 Å². The van der Waals surface area contributed by atoms with Crippen molar-refractivity contribution < 1.29 is 29.4 Å². The largest absolute Gasteiger partial charge is 0.478 e. The first kappa shape index (κ1) is 24.5. The van der Waals surface area contributed by atoms with Gasteiger partial charge in [0.25, 0.3) is 5.91 Å². The maximum atomic E-state index is 12.9. The van der Waals surface area contributed by atoms with E-state index in [1.165, 1.54) is 42.1 Å². The Morgan fingerprint density at radius 2 is 1.25 bits per heavy atom. The van der Waals surface area contributed by atoms with Gasteiger partial charge in [-0.3, -0.25) is 9.59 Å². The van der Waals surface area contributed by atoms with Crippen LogP contribution in [0.3, 0.4) is 0 Å². The third kappa shape index (κ3) is 5.70. The first-order valence-corrected chi connectivity index (χ1v) is 11.7. The number of hydrogen-bond acceptors (Lipinski definition) is 5. The molecule has 0 heterocycles. The highest BCUT2D eigenvalue weighted by Gasteiger charge is 2.16. The number of carboxylic acids is 2. The normalized spacial score (nSPS) is 10.6. The number of carbonyl (C=O) groups excluding carboxylic acids is 2. The molecule has 4 rings (SSSR count). The molecule has 4 aromatic carbocycles. The van der Waals surface area contributed by atoms with Gasteiger partial charge in [0.2, 0.25) is 5.91 Å². The minimum atomic E-state index is -1.11. The fourth-order valence-electron chi connectivity index (χ4n) is 3.58. The third-order valence-corrected chi connectivity index (χ3v) is 6.29. The Morgan fingerprint density at radius 1 is 0.667 bits per heavy atom. The number of carbonyl (C=O) groups is 4. The number of rotatable bonds is 8. The molecule has 0 unspecified atom stereocenters. The van der Waals surface area contributed by atoms with Crippen LogP contribution in [0.2, 0.25) is 0 Å². The van der Waals surface area contributed by atoms with Gasteiger partial charge in [0.15, 0.2) is 0 Å². The lowest BCUT2D eigenvalue weighted by Gasteiger charge is -2.11. The Labute approximate surface area is 210 Å². The van der Waals surface area contributed by atoms with Crippen LogP contribution >= 0.6 is 11.8 Å². The lowest BCUT2D eigenvalue weighted by atomic mass is 9.98. The van der Waals surface area contributed by atoms with E-state index in [0.717, 1.165) is 4.90 Å². The highest BCUT2D eigenvalue weighted by molar-refractivity contribution is 8.00. The molecule has 4 aromatic rings. The van der Waals surface area contributed by atoms with Crippen LogP contribution in [0.5, 0.6) is 0 Å². The average molecular weight is 501 g/mol. The number of aromatic carboxylic acids is 2. The van der Waals surface area contributed by atoms with Crippen LogP contribution in [0, 0.1) is 0 Å². The van der Waals surface area contributed by atoms with Gasteiger partial charge in [0.1, 0.15) is 0 Å². The highest BCUT2D eigenvalue weighted by atomic mass is 32.2. The molecular weight excluding hydrogens is 480 g/mol. The molecule has 0 fully saturated rings. The summed E-state index contributed by atoms with van der Waals surface area (Å²) in [4.78, 5) is 48.5. The predicted octanol–water partition coefficient (Wildman–Crippen LogP) is 5.22.